The topological polar surface area (TPSA) is 49.3 Å². The molecule has 0 spiro atoms. The van der Waals surface area contributed by atoms with Crippen molar-refractivity contribution in [2.75, 3.05) is 13.1 Å². The Morgan fingerprint density at radius 1 is 1.11 bits per heavy atom. The number of thioether (sulfide) groups is 1. The van der Waals surface area contributed by atoms with Crippen LogP contribution in [0, 0.1) is 28.6 Å². The minimum absolute atomic E-state index is 0.0645. The van der Waals surface area contributed by atoms with Gasteiger partial charge in [-0.3, -0.25) is 4.79 Å². The third-order valence-electron chi connectivity index (χ3n) is 9.89. The summed E-state index contributed by atoms with van der Waals surface area (Å²) in [5.41, 5.74) is 0.197. The minimum Gasteiger partial charge on any atom is -0.385 e. The summed E-state index contributed by atoms with van der Waals surface area (Å²) in [4.78, 5) is 12.6. The van der Waals surface area contributed by atoms with E-state index in [9.17, 15) is 9.90 Å². The molecule has 0 aromatic carbocycles. The molecule has 5 aliphatic rings. The Bertz CT molecular complexity index is 688. The van der Waals surface area contributed by atoms with Crippen molar-refractivity contribution in [3.8, 4) is 0 Å². The number of carbonyl (C=O) groups is 1. The molecule has 4 aliphatic carbocycles. The molecular weight excluding hydrogens is 366 g/mol. The number of carbonyl (C=O) groups excluding carboxylic acids is 1. The highest BCUT2D eigenvalue weighted by molar-refractivity contribution is 8.00. The summed E-state index contributed by atoms with van der Waals surface area (Å²) in [5, 5.41) is 16.8. The molecule has 2 unspecified atom stereocenters. The molecule has 0 aromatic rings. The van der Waals surface area contributed by atoms with Gasteiger partial charge in [0.1, 0.15) is 5.78 Å². The molecule has 5 rings (SSSR count). The zero-order valence-corrected chi connectivity index (χ0v) is 18.5. The maximum Gasteiger partial charge on any atom is 0.139 e. The molecule has 28 heavy (non-hydrogen) atoms. The van der Waals surface area contributed by atoms with Crippen LogP contribution < -0.4 is 5.32 Å². The normalized spacial score (nSPS) is 53.6. The van der Waals surface area contributed by atoms with Crippen molar-refractivity contribution in [3.63, 3.8) is 0 Å². The summed E-state index contributed by atoms with van der Waals surface area (Å²) in [6, 6.07) is 0. The molecule has 5 fully saturated rings. The SMILES string of the molecule is C=C1C[C@@H]2[C@@H](CC[C@]3(C)C(=O)CC[C@@H]23)[C@@]2(C)CCC(S[C@H]3CCNC3)CC12O. The standard InChI is InChI=1S/C24H37NO2S/c1-15-12-18-19-4-5-21(26)22(19,2)9-7-20(18)23(3)10-6-16(13-24(15,23)27)28-17-8-11-25-14-17/h16-20,25,27H,1,4-14H2,2-3H3/t16?,17-,18-,19-,20+,22-,23+,24?/m0/s1. The van der Waals surface area contributed by atoms with E-state index in [0.717, 1.165) is 63.6 Å². The van der Waals surface area contributed by atoms with Gasteiger partial charge >= 0.3 is 0 Å². The van der Waals surface area contributed by atoms with Crippen LogP contribution >= 0.6 is 11.8 Å². The van der Waals surface area contributed by atoms with Crippen LogP contribution in [0.3, 0.4) is 0 Å². The molecule has 0 bridgehead atoms. The molecule has 4 heteroatoms. The van der Waals surface area contributed by atoms with Crippen molar-refractivity contribution < 1.29 is 9.90 Å². The lowest BCUT2D eigenvalue weighted by atomic mass is 9.43. The molecule has 4 saturated carbocycles. The van der Waals surface area contributed by atoms with Crippen LogP contribution in [0.1, 0.15) is 71.6 Å². The third-order valence-corrected chi connectivity index (χ3v) is 11.5. The van der Waals surface area contributed by atoms with Crippen molar-refractivity contribution in [2.45, 2.75) is 87.7 Å². The largest absolute Gasteiger partial charge is 0.385 e. The number of hydrogen-bond acceptors (Lipinski definition) is 4. The lowest BCUT2D eigenvalue weighted by molar-refractivity contribution is -0.172. The van der Waals surface area contributed by atoms with E-state index in [0.29, 0.717) is 34.0 Å². The number of ketones is 1. The fourth-order valence-electron chi connectivity index (χ4n) is 8.09. The van der Waals surface area contributed by atoms with Crippen LogP contribution in [0.5, 0.6) is 0 Å². The lowest BCUT2D eigenvalue weighted by Gasteiger charge is -2.64. The highest BCUT2D eigenvalue weighted by Gasteiger charge is 2.65. The number of nitrogens with one attached hydrogen (secondary N) is 1. The van der Waals surface area contributed by atoms with Gasteiger partial charge in [0, 0.05) is 34.3 Å². The van der Waals surface area contributed by atoms with Gasteiger partial charge in [0.25, 0.3) is 0 Å². The highest BCUT2D eigenvalue weighted by Crippen LogP contribution is 2.68. The predicted molar refractivity (Wildman–Crippen MR) is 115 cm³/mol. The minimum atomic E-state index is -0.716. The van der Waals surface area contributed by atoms with E-state index >= 15 is 0 Å². The Kier molecular flexibility index (Phi) is 4.62. The average Bonchev–Trinajstić information content (AvgIpc) is 3.26. The summed E-state index contributed by atoms with van der Waals surface area (Å²) in [5.74, 6) is 2.10. The van der Waals surface area contributed by atoms with Crippen molar-refractivity contribution >= 4 is 17.5 Å². The van der Waals surface area contributed by atoms with E-state index in [1.165, 1.54) is 12.8 Å². The Morgan fingerprint density at radius 3 is 2.68 bits per heavy atom. The number of rotatable bonds is 2. The Balaban J connectivity index is 1.40. The van der Waals surface area contributed by atoms with Gasteiger partial charge in [-0.1, -0.05) is 20.4 Å². The van der Waals surface area contributed by atoms with Gasteiger partial charge in [0.15, 0.2) is 0 Å². The van der Waals surface area contributed by atoms with Crippen LogP contribution in [0.2, 0.25) is 0 Å². The molecule has 0 aromatic heterocycles. The summed E-state index contributed by atoms with van der Waals surface area (Å²) >= 11 is 2.12. The van der Waals surface area contributed by atoms with Gasteiger partial charge in [-0.2, -0.15) is 11.8 Å². The van der Waals surface area contributed by atoms with Crippen LogP contribution in [0.25, 0.3) is 0 Å². The van der Waals surface area contributed by atoms with Gasteiger partial charge in [-0.25, -0.2) is 0 Å². The van der Waals surface area contributed by atoms with Crippen LogP contribution in [0.4, 0.5) is 0 Å². The van der Waals surface area contributed by atoms with Gasteiger partial charge < -0.3 is 10.4 Å². The second-order valence-electron chi connectivity index (χ2n) is 11.0. The molecule has 8 atom stereocenters. The summed E-state index contributed by atoms with van der Waals surface area (Å²) < 4.78 is 0. The molecule has 1 saturated heterocycles. The van der Waals surface area contributed by atoms with E-state index < -0.39 is 5.60 Å². The monoisotopic (exact) mass is 403 g/mol. The van der Waals surface area contributed by atoms with Crippen molar-refractivity contribution in [3.05, 3.63) is 12.2 Å². The van der Waals surface area contributed by atoms with Crippen molar-refractivity contribution in [2.24, 2.45) is 28.6 Å². The average molecular weight is 404 g/mol. The molecule has 1 aliphatic heterocycles. The fraction of sp³-hybridized carbons (Fsp3) is 0.875. The second-order valence-corrected chi connectivity index (χ2v) is 12.6. The first-order valence-electron chi connectivity index (χ1n) is 11.6. The van der Waals surface area contributed by atoms with Crippen LogP contribution in [-0.2, 0) is 4.79 Å². The van der Waals surface area contributed by atoms with Gasteiger partial charge in [-0.05, 0) is 81.2 Å². The first-order valence-corrected chi connectivity index (χ1v) is 12.5. The number of aliphatic hydroxyl groups is 1. The predicted octanol–water partition coefficient (Wildman–Crippen LogP) is 4.34. The Labute approximate surface area is 174 Å². The molecule has 156 valence electrons. The smallest absolute Gasteiger partial charge is 0.139 e. The molecule has 0 radical (unpaired) electrons. The number of hydrogen-bond donors (Lipinski definition) is 2. The van der Waals surface area contributed by atoms with E-state index in [-0.39, 0.29) is 10.8 Å². The van der Waals surface area contributed by atoms with E-state index in [1.54, 1.807) is 0 Å². The van der Waals surface area contributed by atoms with Gasteiger partial charge in [-0.15, -0.1) is 0 Å². The maximum absolute atomic E-state index is 12.6. The van der Waals surface area contributed by atoms with Crippen LogP contribution in [-0.4, -0.2) is 40.1 Å². The van der Waals surface area contributed by atoms with Crippen molar-refractivity contribution in [1.29, 1.82) is 0 Å². The molecule has 1 heterocycles. The molecule has 2 N–H and O–H groups in total. The molecule has 3 nitrogen and oxygen atoms in total. The maximum atomic E-state index is 12.6. The summed E-state index contributed by atoms with van der Waals surface area (Å²) in [7, 11) is 0. The quantitative estimate of drug-likeness (QED) is 0.673. The van der Waals surface area contributed by atoms with Crippen molar-refractivity contribution in [1.82, 2.24) is 5.32 Å². The summed E-state index contributed by atoms with van der Waals surface area (Å²) in [6.07, 6.45) is 9.38. The fourth-order valence-corrected chi connectivity index (χ4v) is 9.70. The zero-order valence-electron chi connectivity index (χ0n) is 17.6. The number of fused-ring (bicyclic) bond motifs is 5. The summed E-state index contributed by atoms with van der Waals surface area (Å²) in [6.45, 7) is 11.3. The highest BCUT2D eigenvalue weighted by atomic mass is 32.2. The van der Waals surface area contributed by atoms with Gasteiger partial charge in [0.2, 0.25) is 0 Å². The Morgan fingerprint density at radius 2 is 1.93 bits per heavy atom. The molecule has 0 amide bonds. The zero-order chi connectivity index (χ0) is 19.7. The molecular formula is C24H37NO2S. The lowest BCUT2D eigenvalue weighted by Crippen LogP contribution is -2.63. The first kappa shape index (κ1) is 19.6. The van der Waals surface area contributed by atoms with Crippen LogP contribution in [0.15, 0.2) is 12.2 Å². The Hall–Kier alpha value is -0.320. The first-order chi connectivity index (χ1) is 13.3. The van der Waals surface area contributed by atoms with E-state index in [2.05, 4.69) is 37.5 Å². The second kappa shape index (κ2) is 6.59. The number of Topliss-reactive ketones (excluding diaryl/α,β-unsaturated/α-hetero) is 1. The van der Waals surface area contributed by atoms with E-state index in [1.807, 2.05) is 0 Å². The van der Waals surface area contributed by atoms with E-state index in [4.69, 9.17) is 0 Å². The van der Waals surface area contributed by atoms with Gasteiger partial charge in [0.05, 0.1) is 5.60 Å². The third kappa shape index (κ3) is 2.59.